The predicted octanol–water partition coefficient (Wildman–Crippen LogP) is 3.96. The summed E-state index contributed by atoms with van der Waals surface area (Å²) < 4.78 is 17.0. The Hall–Kier alpha value is -5.30. The van der Waals surface area contributed by atoms with Crippen molar-refractivity contribution >= 4 is 17.7 Å². The van der Waals surface area contributed by atoms with Crippen LogP contribution in [-0.2, 0) is 17.9 Å². The van der Waals surface area contributed by atoms with Crippen molar-refractivity contribution in [2.75, 3.05) is 23.8 Å². The first kappa shape index (κ1) is 25.0. The number of carbonyl (C=O) groups is 1. The largest absolute Gasteiger partial charge is 0.489 e. The van der Waals surface area contributed by atoms with Gasteiger partial charge in [-0.05, 0) is 41.0 Å². The first-order chi connectivity index (χ1) is 19.6. The van der Waals surface area contributed by atoms with Crippen LogP contribution in [-0.4, -0.2) is 29.1 Å². The van der Waals surface area contributed by atoms with Gasteiger partial charge in [-0.2, -0.15) is 10.2 Å². The zero-order chi connectivity index (χ0) is 27.5. The molecular weight excluding hydrogens is 510 g/mol. The fourth-order valence-corrected chi connectivity index (χ4v) is 4.85. The lowest BCUT2D eigenvalue weighted by molar-refractivity contribution is -0.119. The highest BCUT2D eigenvalue weighted by Crippen LogP contribution is 2.38. The second-order valence-electron chi connectivity index (χ2n) is 9.43. The van der Waals surface area contributed by atoms with Gasteiger partial charge in [0, 0.05) is 12.5 Å². The topological polar surface area (TPSA) is 138 Å². The molecule has 0 radical (unpaired) electrons. The fraction of sp³-hybridized carbons (Fsp3) is 0.200. The number of aromatic nitrogens is 2. The van der Waals surface area contributed by atoms with Gasteiger partial charge in [0.25, 0.3) is 5.56 Å². The van der Waals surface area contributed by atoms with E-state index in [9.17, 15) is 14.9 Å². The van der Waals surface area contributed by atoms with Crippen LogP contribution < -0.4 is 30.4 Å². The number of nitrogens with one attached hydrogen (secondary N) is 3. The number of fused-ring (bicyclic) bond motifs is 2. The number of nitriles is 1. The molecule has 40 heavy (non-hydrogen) atoms. The number of nitrogens with zero attached hydrogens (tertiary/aromatic N) is 2. The van der Waals surface area contributed by atoms with E-state index in [0.29, 0.717) is 49.2 Å². The number of H-pyrrole nitrogens is 1. The van der Waals surface area contributed by atoms with Gasteiger partial charge >= 0.3 is 0 Å². The number of ether oxygens (including phenoxy) is 3. The molecule has 0 spiro atoms. The van der Waals surface area contributed by atoms with Crippen LogP contribution in [0.5, 0.6) is 17.2 Å². The number of anilines is 2. The van der Waals surface area contributed by atoms with E-state index in [2.05, 4.69) is 26.7 Å². The summed E-state index contributed by atoms with van der Waals surface area (Å²) in [5.74, 6) is -0.105. The normalized spacial score (nSPS) is 17.2. The molecule has 0 bridgehead atoms. The molecule has 0 saturated carbocycles. The summed E-state index contributed by atoms with van der Waals surface area (Å²) in [5, 5.41) is 15.6. The molecule has 3 N–H and O–H groups in total. The van der Waals surface area contributed by atoms with Crippen molar-refractivity contribution in [2.45, 2.75) is 19.1 Å². The molecule has 2 aliphatic rings. The van der Waals surface area contributed by atoms with Crippen LogP contribution in [0, 0.1) is 17.2 Å². The Kier molecular flexibility index (Phi) is 6.77. The maximum Gasteiger partial charge on any atom is 0.258 e. The average molecular weight is 536 g/mol. The van der Waals surface area contributed by atoms with Gasteiger partial charge in [0.2, 0.25) is 11.9 Å². The highest BCUT2D eigenvalue weighted by molar-refractivity contribution is 5.98. The van der Waals surface area contributed by atoms with E-state index >= 15 is 0 Å². The van der Waals surface area contributed by atoms with Crippen molar-refractivity contribution in [3.63, 3.8) is 0 Å². The quantitative estimate of drug-likeness (QED) is 0.323. The van der Waals surface area contributed by atoms with Gasteiger partial charge in [0.1, 0.15) is 37.3 Å². The molecule has 200 valence electrons. The Bertz CT molecular complexity index is 1650. The van der Waals surface area contributed by atoms with Crippen molar-refractivity contribution in [3.8, 4) is 23.3 Å². The molecule has 10 heteroatoms. The number of amides is 1. The van der Waals surface area contributed by atoms with Crippen LogP contribution in [0.15, 0.2) is 77.6 Å². The van der Waals surface area contributed by atoms with Crippen LogP contribution in [0.2, 0.25) is 0 Å². The smallest absolute Gasteiger partial charge is 0.258 e. The third-order valence-electron chi connectivity index (χ3n) is 6.82. The lowest BCUT2D eigenvalue weighted by Gasteiger charge is -2.28. The number of hydrogen-bond acceptors (Lipinski definition) is 8. The molecule has 4 aromatic rings. The Labute approximate surface area is 229 Å². The molecule has 1 amide bonds. The summed E-state index contributed by atoms with van der Waals surface area (Å²) in [5.41, 5.74) is 2.35. The molecule has 0 aliphatic carbocycles. The second-order valence-corrected chi connectivity index (χ2v) is 9.43. The Morgan fingerprint density at radius 1 is 0.975 bits per heavy atom. The third-order valence-corrected chi connectivity index (χ3v) is 6.82. The molecule has 3 heterocycles. The molecular formula is C30H25N5O5. The lowest BCUT2D eigenvalue weighted by atomic mass is 9.79. The van der Waals surface area contributed by atoms with Crippen LogP contribution in [0.4, 0.5) is 11.8 Å². The highest BCUT2D eigenvalue weighted by Gasteiger charge is 2.40. The van der Waals surface area contributed by atoms with Gasteiger partial charge in [-0.25, -0.2) is 0 Å². The van der Waals surface area contributed by atoms with E-state index in [-0.39, 0.29) is 17.3 Å². The number of carbonyl (C=O) groups excluding carboxylic acids is 1. The summed E-state index contributed by atoms with van der Waals surface area (Å²) in [6, 6.07) is 24.5. The molecule has 3 aromatic carbocycles. The summed E-state index contributed by atoms with van der Waals surface area (Å²) in [6.07, 6.45) is 0. The summed E-state index contributed by atoms with van der Waals surface area (Å²) >= 11 is 0. The Balaban J connectivity index is 1.23. The van der Waals surface area contributed by atoms with Crippen molar-refractivity contribution in [1.82, 2.24) is 9.97 Å². The van der Waals surface area contributed by atoms with Gasteiger partial charge < -0.3 is 24.8 Å². The molecule has 0 saturated heterocycles. The number of aromatic amines is 1. The minimum absolute atomic E-state index is 0.124. The van der Waals surface area contributed by atoms with Crippen molar-refractivity contribution in [2.24, 2.45) is 5.92 Å². The van der Waals surface area contributed by atoms with E-state index in [1.165, 1.54) is 0 Å². The van der Waals surface area contributed by atoms with E-state index < -0.39 is 23.3 Å². The first-order valence-electron chi connectivity index (χ1n) is 12.8. The molecule has 6 rings (SSSR count). The van der Waals surface area contributed by atoms with Crippen LogP contribution in [0.1, 0.15) is 28.2 Å². The Morgan fingerprint density at radius 3 is 2.52 bits per heavy atom. The average Bonchev–Trinajstić information content (AvgIpc) is 2.99. The molecule has 2 atom stereocenters. The van der Waals surface area contributed by atoms with Crippen molar-refractivity contribution in [3.05, 3.63) is 105 Å². The van der Waals surface area contributed by atoms with Gasteiger partial charge in [-0.15, -0.1) is 0 Å². The van der Waals surface area contributed by atoms with Crippen LogP contribution in [0.3, 0.4) is 0 Å². The standard InChI is InChI=1S/C30H25N5O5/c31-15-22-25(20-7-9-21(10-8-20)40-17-18-4-2-1-3-5-18)26-27(33-28(22)36)34-30(35-29(26)37)32-16-19-6-11-23-24(14-19)39-13-12-38-23/h1-11,14,22,25H,12-13,16-17H2,(H3,32,33,34,35,36,37). The Morgan fingerprint density at radius 2 is 1.75 bits per heavy atom. The maximum absolute atomic E-state index is 13.3. The molecule has 2 aliphatic heterocycles. The monoisotopic (exact) mass is 535 g/mol. The first-order valence-corrected chi connectivity index (χ1v) is 12.8. The summed E-state index contributed by atoms with van der Waals surface area (Å²) in [6.45, 7) is 1.75. The number of benzene rings is 3. The fourth-order valence-electron chi connectivity index (χ4n) is 4.85. The minimum atomic E-state index is -1.09. The van der Waals surface area contributed by atoms with Crippen molar-refractivity contribution < 1.29 is 19.0 Å². The van der Waals surface area contributed by atoms with E-state index in [1.807, 2.05) is 48.5 Å². The van der Waals surface area contributed by atoms with Crippen molar-refractivity contribution in [1.29, 1.82) is 5.26 Å². The molecule has 10 nitrogen and oxygen atoms in total. The predicted molar refractivity (Wildman–Crippen MR) is 146 cm³/mol. The van der Waals surface area contributed by atoms with Gasteiger partial charge in [0.15, 0.2) is 11.5 Å². The van der Waals surface area contributed by atoms with Crippen LogP contribution in [0.25, 0.3) is 0 Å². The van der Waals surface area contributed by atoms with Gasteiger partial charge in [-0.1, -0.05) is 48.5 Å². The number of hydrogen-bond donors (Lipinski definition) is 3. The summed E-state index contributed by atoms with van der Waals surface area (Å²) in [7, 11) is 0. The zero-order valence-corrected chi connectivity index (χ0v) is 21.3. The van der Waals surface area contributed by atoms with E-state index in [4.69, 9.17) is 14.2 Å². The highest BCUT2D eigenvalue weighted by atomic mass is 16.6. The van der Waals surface area contributed by atoms with E-state index in [1.54, 1.807) is 24.3 Å². The minimum Gasteiger partial charge on any atom is -0.489 e. The number of rotatable bonds is 7. The third kappa shape index (κ3) is 5.05. The SMILES string of the molecule is N#CC1C(=O)Nc2nc(NCc3ccc4c(c3)OCCO4)[nH]c(=O)c2C1c1ccc(OCc2ccccc2)cc1. The molecule has 1 aromatic heterocycles. The van der Waals surface area contributed by atoms with E-state index in [0.717, 1.165) is 11.1 Å². The van der Waals surface area contributed by atoms with Gasteiger partial charge in [-0.3, -0.25) is 14.6 Å². The van der Waals surface area contributed by atoms with Crippen LogP contribution >= 0.6 is 0 Å². The lowest BCUT2D eigenvalue weighted by Crippen LogP contribution is -2.38. The second kappa shape index (κ2) is 10.8. The maximum atomic E-state index is 13.3. The molecule has 0 fully saturated rings. The van der Waals surface area contributed by atoms with Gasteiger partial charge in [0.05, 0.1) is 11.6 Å². The summed E-state index contributed by atoms with van der Waals surface area (Å²) in [4.78, 5) is 33.4. The zero-order valence-electron chi connectivity index (χ0n) is 21.3. The molecule has 2 unspecified atom stereocenters.